The molecule has 1 rings (SSSR count). The maximum Gasteiger partial charge on any atom is 0.253 e. The molecule has 0 heterocycles. The predicted molar refractivity (Wildman–Crippen MR) is 69.3 cm³/mol. The van der Waals surface area contributed by atoms with E-state index in [2.05, 4.69) is 0 Å². The zero-order chi connectivity index (χ0) is 13.0. The van der Waals surface area contributed by atoms with Crippen LogP contribution in [0.25, 0.3) is 0 Å². The van der Waals surface area contributed by atoms with E-state index in [4.69, 9.17) is 11.6 Å². The van der Waals surface area contributed by atoms with Gasteiger partial charge < -0.3 is 10.0 Å². The predicted octanol–water partition coefficient (Wildman–Crippen LogP) is 2.43. The molecule has 0 fully saturated rings. The van der Waals surface area contributed by atoms with Gasteiger partial charge in [-0.3, -0.25) is 4.79 Å². The highest BCUT2D eigenvalue weighted by Crippen LogP contribution is 2.15. The number of carbonyl (C=O) groups excluding carboxylic acids is 1. The van der Waals surface area contributed by atoms with Crippen LogP contribution in [-0.2, 0) is 0 Å². The highest BCUT2D eigenvalue weighted by Gasteiger charge is 2.22. The molecule has 17 heavy (non-hydrogen) atoms. The number of halogens is 1. The van der Waals surface area contributed by atoms with E-state index in [0.717, 1.165) is 0 Å². The van der Waals surface area contributed by atoms with Gasteiger partial charge in [0.2, 0.25) is 0 Å². The lowest BCUT2D eigenvalue weighted by Gasteiger charge is -2.29. The summed E-state index contributed by atoms with van der Waals surface area (Å²) in [7, 11) is 1.71. The van der Waals surface area contributed by atoms with Crippen LogP contribution in [0.2, 0.25) is 5.02 Å². The normalized spacial score (nSPS) is 12.6. The molecule has 0 aliphatic rings. The minimum Gasteiger partial charge on any atom is -0.394 e. The Kier molecular flexibility index (Phi) is 4.97. The maximum absolute atomic E-state index is 12.1. The van der Waals surface area contributed by atoms with Crippen molar-refractivity contribution in [3.05, 3.63) is 34.9 Å². The molecule has 1 amide bonds. The van der Waals surface area contributed by atoms with Crippen LogP contribution >= 0.6 is 11.6 Å². The lowest BCUT2D eigenvalue weighted by molar-refractivity contribution is 0.0588. The van der Waals surface area contributed by atoms with Crippen LogP contribution in [0.1, 0.15) is 24.2 Å². The second-order valence-corrected chi connectivity index (χ2v) is 4.85. The van der Waals surface area contributed by atoms with E-state index in [1.807, 2.05) is 13.8 Å². The number of hydrogen-bond acceptors (Lipinski definition) is 2. The minimum atomic E-state index is -0.168. The van der Waals surface area contributed by atoms with Crippen LogP contribution in [0.5, 0.6) is 0 Å². The topological polar surface area (TPSA) is 40.5 Å². The summed E-state index contributed by atoms with van der Waals surface area (Å²) in [5, 5.41) is 9.90. The molecule has 0 bridgehead atoms. The molecule has 0 saturated carbocycles. The van der Waals surface area contributed by atoms with Gasteiger partial charge in [0, 0.05) is 17.6 Å². The first-order valence-corrected chi connectivity index (χ1v) is 5.98. The molecule has 0 aromatic heterocycles. The molecular formula is C13H18ClNO2. The van der Waals surface area contributed by atoms with Crippen LogP contribution in [0.15, 0.2) is 24.3 Å². The van der Waals surface area contributed by atoms with Gasteiger partial charge >= 0.3 is 0 Å². The van der Waals surface area contributed by atoms with Gasteiger partial charge in [-0.15, -0.1) is 0 Å². The van der Waals surface area contributed by atoms with Crippen molar-refractivity contribution in [2.75, 3.05) is 13.7 Å². The van der Waals surface area contributed by atoms with Crippen LogP contribution in [0.3, 0.4) is 0 Å². The highest BCUT2D eigenvalue weighted by atomic mass is 35.5. The van der Waals surface area contributed by atoms with E-state index in [9.17, 15) is 9.90 Å². The molecule has 1 atom stereocenters. The fourth-order valence-electron chi connectivity index (χ4n) is 1.73. The molecular weight excluding hydrogens is 238 g/mol. The first kappa shape index (κ1) is 14.0. The number of aliphatic hydroxyl groups is 1. The largest absolute Gasteiger partial charge is 0.394 e. The summed E-state index contributed by atoms with van der Waals surface area (Å²) in [6.45, 7) is 3.92. The molecule has 3 nitrogen and oxygen atoms in total. The van der Waals surface area contributed by atoms with Crippen molar-refractivity contribution in [3.8, 4) is 0 Å². The Morgan fingerprint density at radius 1 is 1.35 bits per heavy atom. The third kappa shape index (κ3) is 3.45. The van der Waals surface area contributed by atoms with Crippen molar-refractivity contribution in [2.45, 2.75) is 19.9 Å². The number of rotatable bonds is 4. The number of aliphatic hydroxyl groups excluding tert-OH is 1. The first-order chi connectivity index (χ1) is 7.97. The monoisotopic (exact) mass is 255 g/mol. The van der Waals surface area contributed by atoms with Crippen molar-refractivity contribution in [1.82, 2.24) is 4.90 Å². The molecule has 4 heteroatoms. The molecule has 1 aromatic carbocycles. The van der Waals surface area contributed by atoms with Gasteiger partial charge in [-0.1, -0.05) is 25.4 Å². The third-order valence-electron chi connectivity index (χ3n) is 2.87. The second kappa shape index (κ2) is 6.03. The van der Waals surface area contributed by atoms with Crippen molar-refractivity contribution < 1.29 is 9.90 Å². The maximum atomic E-state index is 12.1. The van der Waals surface area contributed by atoms with E-state index >= 15 is 0 Å². The molecule has 1 unspecified atom stereocenters. The molecule has 0 aliphatic carbocycles. The fraction of sp³-hybridized carbons (Fsp3) is 0.462. The summed E-state index contributed by atoms with van der Waals surface area (Å²) in [5.74, 6) is 0.107. The van der Waals surface area contributed by atoms with Crippen LogP contribution < -0.4 is 0 Å². The summed E-state index contributed by atoms with van der Waals surface area (Å²) < 4.78 is 0. The van der Waals surface area contributed by atoms with Crippen molar-refractivity contribution in [2.24, 2.45) is 5.92 Å². The van der Waals surface area contributed by atoms with Gasteiger partial charge in [0.1, 0.15) is 0 Å². The van der Waals surface area contributed by atoms with E-state index in [1.54, 1.807) is 36.2 Å². The van der Waals surface area contributed by atoms with Gasteiger partial charge in [0.15, 0.2) is 0 Å². The van der Waals surface area contributed by atoms with Crippen LogP contribution in [0, 0.1) is 5.92 Å². The zero-order valence-electron chi connectivity index (χ0n) is 10.4. The fourth-order valence-corrected chi connectivity index (χ4v) is 1.85. The zero-order valence-corrected chi connectivity index (χ0v) is 11.1. The molecule has 1 aromatic rings. The average molecular weight is 256 g/mol. The molecule has 0 aliphatic heterocycles. The number of likely N-dealkylation sites (N-methyl/N-ethyl adjacent to an activating group) is 1. The Morgan fingerprint density at radius 3 is 2.29 bits per heavy atom. The Labute approximate surface area is 107 Å². The van der Waals surface area contributed by atoms with E-state index in [0.29, 0.717) is 10.6 Å². The number of carbonyl (C=O) groups is 1. The number of benzene rings is 1. The van der Waals surface area contributed by atoms with Crippen LogP contribution in [-0.4, -0.2) is 35.6 Å². The van der Waals surface area contributed by atoms with Crippen molar-refractivity contribution in [1.29, 1.82) is 0 Å². The number of nitrogens with zero attached hydrogens (tertiary/aromatic N) is 1. The van der Waals surface area contributed by atoms with E-state index in [1.165, 1.54) is 0 Å². The Hall–Kier alpha value is -1.06. The van der Waals surface area contributed by atoms with Crippen LogP contribution in [0.4, 0.5) is 0 Å². The van der Waals surface area contributed by atoms with Gasteiger partial charge in [-0.25, -0.2) is 0 Å². The van der Waals surface area contributed by atoms with E-state index in [-0.39, 0.29) is 24.5 Å². The van der Waals surface area contributed by atoms with Crippen molar-refractivity contribution in [3.63, 3.8) is 0 Å². The summed E-state index contributed by atoms with van der Waals surface area (Å²) in [6.07, 6.45) is 0. The second-order valence-electron chi connectivity index (χ2n) is 4.42. The lowest BCUT2D eigenvalue weighted by Crippen LogP contribution is -2.42. The summed E-state index contributed by atoms with van der Waals surface area (Å²) in [5.41, 5.74) is 0.580. The smallest absolute Gasteiger partial charge is 0.253 e. The molecule has 0 radical (unpaired) electrons. The number of hydrogen-bond donors (Lipinski definition) is 1. The van der Waals surface area contributed by atoms with Gasteiger partial charge in [-0.2, -0.15) is 0 Å². The highest BCUT2D eigenvalue weighted by molar-refractivity contribution is 6.30. The van der Waals surface area contributed by atoms with Gasteiger partial charge in [0.25, 0.3) is 5.91 Å². The molecule has 0 saturated heterocycles. The standard InChI is InChI=1S/C13H18ClNO2/c1-9(2)12(8-16)15(3)13(17)10-4-6-11(14)7-5-10/h4-7,9,12,16H,8H2,1-3H3. The Balaban J connectivity index is 2.85. The lowest BCUT2D eigenvalue weighted by atomic mass is 10.0. The average Bonchev–Trinajstić information content (AvgIpc) is 2.29. The number of amides is 1. The molecule has 94 valence electrons. The summed E-state index contributed by atoms with van der Waals surface area (Å²) in [6, 6.07) is 6.59. The minimum absolute atomic E-state index is 0.0342. The Bertz CT molecular complexity index is 376. The summed E-state index contributed by atoms with van der Waals surface area (Å²) >= 11 is 5.77. The summed E-state index contributed by atoms with van der Waals surface area (Å²) in [4.78, 5) is 13.7. The third-order valence-corrected chi connectivity index (χ3v) is 3.12. The molecule has 0 spiro atoms. The van der Waals surface area contributed by atoms with Gasteiger partial charge in [0.05, 0.1) is 12.6 Å². The Morgan fingerprint density at radius 2 is 1.88 bits per heavy atom. The van der Waals surface area contributed by atoms with E-state index < -0.39 is 0 Å². The quantitative estimate of drug-likeness (QED) is 0.898. The first-order valence-electron chi connectivity index (χ1n) is 5.61. The van der Waals surface area contributed by atoms with Gasteiger partial charge in [-0.05, 0) is 30.2 Å². The van der Waals surface area contributed by atoms with Crippen molar-refractivity contribution >= 4 is 17.5 Å². The molecule has 1 N–H and O–H groups in total. The SMILES string of the molecule is CC(C)C(CO)N(C)C(=O)c1ccc(Cl)cc1.